The van der Waals surface area contributed by atoms with Gasteiger partial charge < -0.3 is 4.74 Å². The number of hydrogen-bond acceptors (Lipinski definition) is 2. The van der Waals surface area contributed by atoms with Crippen LogP contribution in [-0.4, -0.2) is 12.9 Å². The van der Waals surface area contributed by atoms with E-state index < -0.39 is 6.71 Å². The monoisotopic (exact) mass is 98.1 g/mol. The van der Waals surface area contributed by atoms with Gasteiger partial charge in [-0.25, -0.2) is 0 Å². The van der Waals surface area contributed by atoms with Crippen LogP contribution in [0.25, 0.3) is 0 Å². The molecular weight excluding hydrogens is 90.1 g/mol. The highest BCUT2D eigenvalue weighted by atomic mass is 16.5. The molecule has 1 aliphatic rings. The lowest BCUT2D eigenvalue weighted by Crippen LogP contribution is -1.76. The molecule has 2 heteroatoms. The van der Waals surface area contributed by atoms with Crippen molar-refractivity contribution < 1.29 is 6.11 Å². The van der Waals surface area contributed by atoms with Crippen molar-refractivity contribution in [1.82, 2.24) is 0 Å². The molecule has 0 amide bonds. The molecule has 38 valence electrons. The fourth-order valence-corrected chi connectivity index (χ4v) is 0.346. The minimum Gasteiger partial charge on any atom is -0.479 e. The topological polar surface area (TPSA) is 21.6 Å². The number of ether oxygens (including phenoxy) is 1. The number of hydrogen-bond donors (Lipinski definition) is 0. The van der Waals surface area contributed by atoms with Crippen LogP contribution in [-0.2, 0) is 4.74 Å². The Labute approximate surface area is 43.9 Å². The Balaban J connectivity index is 2.48. The van der Waals surface area contributed by atoms with E-state index in [-0.39, 0.29) is 0 Å². The lowest BCUT2D eigenvalue weighted by Gasteiger charge is -1.86. The Morgan fingerprint density at radius 1 is 1.86 bits per heavy atom. The second kappa shape index (κ2) is 2.39. The average Bonchev–Trinajstić information content (AvgIpc) is 1.94. The zero-order valence-corrected chi connectivity index (χ0v) is 3.87. The molecular formula is C5H7NO. The van der Waals surface area contributed by atoms with Crippen molar-refractivity contribution in [3.8, 4) is 0 Å². The van der Waals surface area contributed by atoms with E-state index in [0.29, 0.717) is 0 Å². The molecule has 0 saturated carbocycles. The maximum absolute atomic E-state index is 6.94. The van der Waals surface area contributed by atoms with Crippen LogP contribution in [0, 0.1) is 0 Å². The van der Waals surface area contributed by atoms with Gasteiger partial charge in [-0.15, -0.1) is 0 Å². The van der Waals surface area contributed by atoms with Gasteiger partial charge in [-0.05, 0) is 6.08 Å². The Bertz CT molecular complexity index is 122. The summed E-state index contributed by atoms with van der Waals surface area (Å²) in [5.74, 6) is 0. The molecule has 0 radical (unpaired) electrons. The predicted molar refractivity (Wildman–Crippen MR) is 28.2 cm³/mol. The third-order valence-corrected chi connectivity index (χ3v) is 0.643. The van der Waals surface area contributed by atoms with E-state index in [2.05, 4.69) is 4.99 Å². The average molecular weight is 98.1 g/mol. The van der Waals surface area contributed by atoms with E-state index in [1.165, 1.54) is 6.26 Å². The van der Waals surface area contributed by atoms with Crippen LogP contribution in [0.15, 0.2) is 17.3 Å². The van der Waals surface area contributed by atoms with E-state index in [0.717, 1.165) is 6.42 Å². The second-order valence-corrected chi connectivity index (χ2v) is 1.18. The van der Waals surface area contributed by atoms with E-state index >= 15 is 0 Å². The van der Waals surface area contributed by atoms with Crippen molar-refractivity contribution in [2.45, 2.75) is 6.42 Å². The number of allylic oxidation sites excluding steroid dienone is 1. The zero-order valence-electron chi connectivity index (χ0n) is 4.87. The van der Waals surface area contributed by atoms with Crippen LogP contribution in [0.1, 0.15) is 7.79 Å². The van der Waals surface area contributed by atoms with Crippen LogP contribution >= 0.6 is 0 Å². The highest BCUT2D eigenvalue weighted by Gasteiger charge is 1.78. The van der Waals surface area contributed by atoms with E-state index in [9.17, 15) is 0 Å². The molecule has 1 unspecified atom stereocenters. The Hall–Kier alpha value is -0.790. The molecule has 1 aliphatic heterocycles. The van der Waals surface area contributed by atoms with Gasteiger partial charge in [-0.2, -0.15) is 0 Å². The van der Waals surface area contributed by atoms with Gasteiger partial charge in [-0.3, -0.25) is 4.99 Å². The van der Waals surface area contributed by atoms with Crippen LogP contribution in [0.4, 0.5) is 0 Å². The van der Waals surface area contributed by atoms with E-state index in [1.807, 2.05) is 6.08 Å². The van der Waals surface area contributed by atoms with E-state index in [4.69, 9.17) is 6.11 Å². The fraction of sp³-hybridized carbons (Fsp3) is 0.400. The quantitative estimate of drug-likeness (QED) is 0.442. The Morgan fingerprint density at radius 3 is 3.86 bits per heavy atom. The summed E-state index contributed by atoms with van der Waals surface area (Å²) in [5, 5.41) is 0. The van der Waals surface area contributed by atoms with Crippen molar-refractivity contribution in [1.29, 1.82) is 0 Å². The van der Waals surface area contributed by atoms with Gasteiger partial charge in [0.25, 0.3) is 0 Å². The summed E-state index contributed by atoms with van der Waals surface area (Å²) in [5.41, 5.74) is 0. The molecule has 0 aromatic carbocycles. The number of rotatable bonds is 0. The fourth-order valence-electron chi connectivity index (χ4n) is 0.346. The summed E-state index contributed by atoms with van der Waals surface area (Å²) < 4.78 is 11.6. The first-order chi connectivity index (χ1) is 3.89. The largest absolute Gasteiger partial charge is 0.479 e. The summed E-state index contributed by atoms with van der Waals surface area (Å²) in [6.07, 6.45) is 5.76. The minimum absolute atomic E-state index is 0.742. The molecule has 2 nitrogen and oxygen atoms in total. The van der Waals surface area contributed by atoms with Crippen LogP contribution in [0.5, 0.6) is 0 Å². The van der Waals surface area contributed by atoms with Crippen molar-refractivity contribution in [2.24, 2.45) is 4.99 Å². The Kier molecular flexibility index (Phi) is 1.11. The summed E-state index contributed by atoms with van der Waals surface area (Å²) in [4.78, 5) is 3.68. The van der Waals surface area contributed by atoms with Gasteiger partial charge in [0, 0.05) is 12.6 Å². The summed E-state index contributed by atoms with van der Waals surface area (Å²) >= 11 is 0. The molecule has 1 atom stereocenters. The zero-order chi connectivity index (χ0) is 5.82. The third kappa shape index (κ3) is 1.39. The SMILES string of the molecule is [2H]C1N=CCC=CO1. The van der Waals surface area contributed by atoms with E-state index in [1.54, 1.807) is 6.21 Å². The van der Waals surface area contributed by atoms with Gasteiger partial charge in [0.15, 0.2) is 6.71 Å². The summed E-state index contributed by atoms with van der Waals surface area (Å²) in [7, 11) is 0. The highest BCUT2D eigenvalue weighted by molar-refractivity contribution is 5.59. The normalized spacial score (nSPS) is 30.9. The van der Waals surface area contributed by atoms with Gasteiger partial charge in [0.2, 0.25) is 0 Å². The molecule has 0 aliphatic carbocycles. The molecule has 0 aromatic rings. The maximum Gasteiger partial charge on any atom is 0.177 e. The smallest absolute Gasteiger partial charge is 0.177 e. The summed E-state index contributed by atoms with van der Waals surface area (Å²) in [6.45, 7) is -0.742. The molecule has 0 aromatic heterocycles. The van der Waals surface area contributed by atoms with Crippen molar-refractivity contribution in [3.63, 3.8) is 0 Å². The van der Waals surface area contributed by atoms with Crippen LogP contribution in [0.2, 0.25) is 0 Å². The predicted octanol–water partition coefficient (Wildman–Crippen LogP) is 0.949. The number of nitrogens with zero attached hydrogens (tertiary/aromatic N) is 1. The van der Waals surface area contributed by atoms with Crippen LogP contribution in [0.3, 0.4) is 0 Å². The maximum atomic E-state index is 6.94. The molecule has 0 spiro atoms. The lowest BCUT2D eigenvalue weighted by molar-refractivity contribution is 0.263. The Morgan fingerprint density at radius 2 is 2.86 bits per heavy atom. The molecule has 0 saturated heterocycles. The molecule has 0 bridgehead atoms. The van der Waals surface area contributed by atoms with Crippen molar-refractivity contribution in [3.05, 3.63) is 12.3 Å². The standard InChI is InChI=1S/C5H7NO/c1-2-4-7-5-6-3-1/h2-4H,1,5H2/i5D. The first-order valence-corrected chi connectivity index (χ1v) is 2.14. The molecule has 1 rings (SSSR count). The van der Waals surface area contributed by atoms with Crippen molar-refractivity contribution >= 4 is 6.21 Å². The number of aliphatic imine (C=N–C) groups is 1. The lowest BCUT2D eigenvalue weighted by atomic mass is 10.5. The minimum atomic E-state index is -0.742. The molecule has 0 N–H and O–H groups in total. The first-order valence-electron chi connectivity index (χ1n) is 2.71. The van der Waals surface area contributed by atoms with Gasteiger partial charge >= 0.3 is 0 Å². The van der Waals surface area contributed by atoms with Gasteiger partial charge in [0.1, 0.15) is 0 Å². The molecule has 1 heterocycles. The second-order valence-electron chi connectivity index (χ2n) is 1.18. The first kappa shape index (κ1) is 3.24. The van der Waals surface area contributed by atoms with Gasteiger partial charge in [0.05, 0.1) is 7.63 Å². The van der Waals surface area contributed by atoms with Crippen LogP contribution < -0.4 is 0 Å². The molecule has 0 fully saturated rings. The summed E-state index contributed by atoms with van der Waals surface area (Å²) in [6, 6.07) is 0. The van der Waals surface area contributed by atoms with Crippen molar-refractivity contribution in [2.75, 3.05) is 6.71 Å². The van der Waals surface area contributed by atoms with Gasteiger partial charge in [-0.1, -0.05) is 0 Å². The molecule has 7 heavy (non-hydrogen) atoms. The highest BCUT2D eigenvalue weighted by Crippen LogP contribution is 1.87. The third-order valence-electron chi connectivity index (χ3n) is 0.643.